The van der Waals surface area contributed by atoms with Crippen molar-refractivity contribution in [1.82, 2.24) is 5.32 Å². The van der Waals surface area contributed by atoms with Gasteiger partial charge in [0, 0.05) is 18.9 Å². The molecule has 1 amide bonds. The van der Waals surface area contributed by atoms with Crippen LogP contribution in [-0.4, -0.2) is 23.7 Å². The topological polar surface area (TPSA) is 49.3 Å². The molecule has 2 unspecified atom stereocenters. The Kier molecular flexibility index (Phi) is 6.16. The van der Waals surface area contributed by atoms with Gasteiger partial charge in [-0.3, -0.25) is 4.79 Å². The van der Waals surface area contributed by atoms with Crippen molar-refractivity contribution in [2.75, 3.05) is 6.54 Å². The highest BCUT2D eigenvalue weighted by Crippen LogP contribution is 2.08. The van der Waals surface area contributed by atoms with Gasteiger partial charge in [-0.15, -0.1) is 0 Å². The molecule has 0 saturated carbocycles. The van der Waals surface area contributed by atoms with E-state index in [0.29, 0.717) is 12.8 Å². The molecule has 2 aromatic carbocycles. The number of hydrogen-bond donors (Lipinski definition) is 2. The predicted octanol–water partition coefficient (Wildman–Crippen LogP) is 2.59. The lowest BCUT2D eigenvalue weighted by Crippen LogP contribution is -2.36. The summed E-state index contributed by atoms with van der Waals surface area (Å²) in [6, 6.07) is 19.8. The molecule has 3 nitrogen and oxygen atoms in total. The van der Waals surface area contributed by atoms with Crippen LogP contribution in [-0.2, 0) is 17.6 Å². The fraction of sp³-hybridized carbons (Fsp3) is 0.316. The summed E-state index contributed by atoms with van der Waals surface area (Å²) in [4.78, 5) is 12.1. The van der Waals surface area contributed by atoms with Crippen LogP contribution in [0.3, 0.4) is 0 Å². The van der Waals surface area contributed by atoms with E-state index in [2.05, 4.69) is 5.32 Å². The van der Waals surface area contributed by atoms with Crippen molar-refractivity contribution < 1.29 is 9.90 Å². The summed E-state index contributed by atoms with van der Waals surface area (Å²) in [6.07, 6.45) is 0.700. The van der Waals surface area contributed by atoms with Gasteiger partial charge in [-0.05, 0) is 17.5 Å². The molecule has 0 radical (unpaired) electrons. The zero-order valence-electron chi connectivity index (χ0n) is 12.9. The van der Waals surface area contributed by atoms with Crippen LogP contribution in [0.4, 0.5) is 0 Å². The first-order chi connectivity index (χ1) is 10.6. The average Bonchev–Trinajstić information content (AvgIpc) is 2.54. The number of benzene rings is 2. The van der Waals surface area contributed by atoms with Gasteiger partial charge < -0.3 is 10.4 Å². The minimum Gasteiger partial charge on any atom is -0.391 e. The summed E-state index contributed by atoms with van der Waals surface area (Å²) < 4.78 is 0. The summed E-state index contributed by atoms with van der Waals surface area (Å²) in [6.45, 7) is 2.19. The fourth-order valence-corrected chi connectivity index (χ4v) is 2.41. The molecule has 2 aromatic rings. The summed E-state index contributed by atoms with van der Waals surface area (Å²) in [5.41, 5.74) is 2.22. The lowest BCUT2D eigenvalue weighted by molar-refractivity contribution is -0.124. The molecule has 116 valence electrons. The maximum atomic E-state index is 12.1. The van der Waals surface area contributed by atoms with E-state index in [9.17, 15) is 9.90 Å². The van der Waals surface area contributed by atoms with E-state index in [0.717, 1.165) is 11.1 Å². The van der Waals surface area contributed by atoms with Crippen LogP contribution in [0.1, 0.15) is 18.1 Å². The van der Waals surface area contributed by atoms with Crippen molar-refractivity contribution in [3.05, 3.63) is 71.8 Å². The molecule has 0 aliphatic rings. The van der Waals surface area contributed by atoms with E-state index in [4.69, 9.17) is 0 Å². The highest BCUT2D eigenvalue weighted by Gasteiger charge is 2.14. The molecule has 2 atom stereocenters. The lowest BCUT2D eigenvalue weighted by atomic mass is 10.0. The Morgan fingerprint density at radius 3 is 2.00 bits per heavy atom. The van der Waals surface area contributed by atoms with Crippen LogP contribution in [0.15, 0.2) is 60.7 Å². The number of carbonyl (C=O) groups is 1. The van der Waals surface area contributed by atoms with Crippen LogP contribution in [0, 0.1) is 5.92 Å². The van der Waals surface area contributed by atoms with Crippen molar-refractivity contribution in [1.29, 1.82) is 0 Å². The zero-order chi connectivity index (χ0) is 15.8. The first-order valence-electron chi connectivity index (χ1n) is 7.69. The maximum Gasteiger partial charge on any atom is 0.223 e. The van der Waals surface area contributed by atoms with E-state index in [1.54, 1.807) is 0 Å². The minimum atomic E-state index is -0.560. The Morgan fingerprint density at radius 2 is 1.45 bits per heavy atom. The molecular weight excluding hydrogens is 274 g/mol. The number of amides is 1. The van der Waals surface area contributed by atoms with Gasteiger partial charge in [-0.2, -0.15) is 0 Å². The quantitative estimate of drug-likeness (QED) is 0.825. The van der Waals surface area contributed by atoms with E-state index in [-0.39, 0.29) is 18.4 Å². The second-order valence-corrected chi connectivity index (χ2v) is 5.68. The van der Waals surface area contributed by atoms with E-state index >= 15 is 0 Å². The molecule has 0 spiro atoms. The van der Waals surface area contributed by atoms with Crippen LogP contribution in [0.25, 0.3) is 0 Å². The van der Waals surface area contributed by atoms with E-state index in [1.165, 1.54) is 0 Å². The first kappa shape index (κ1) is 16.2. The highest BCUT2D eigenvalue weighted by molar-refractivity contribution is 5.78. The Bertz CT molecular complexity index is 569. The standard InChI is InChI=1S/C19H23NO2/c1-15(12-16-8-4-2-5-9-16)19(22)20-14-18(21)13-17-10-6-3-7-11-17/h2-11,15,18,21H,12-14H2,1H3,(H,20,22). The monoisotopic (exact) mass is 297 g/mol. The summed E-state index contributed by atoms with van der Waals surface area (Å²) in [7, 11) is 0. The van der Waals surface area contributed by atoms with E-state index in [1.807, 2.05) is 67.6 Å². The Morgan fingerprint density at radius 1 is 0.955 bits per heavy atom. The molecule has 0 saturated heterocycles. The number of carbonyl (C=O) groups excluding carboxylic acids is 1. The number of hydrogen-bond acceptors (Lipinski definition) is 2. The van der Waals surface area contributed by atoms with Crippen molar-refractivity contribution in [3.8, 4) is 0 Å². The van der Waals surface area contributed by atoms with Gasteiger partial charge in [0.2, 0.25) is 5.91 Å². The second-order valence-electron chi connectivity index (χ2n) is 5.68. The molecule has 0 fully saturated rings. The van der Waals surface area contributed by atoms with Gasteiger partial charge in [-0.1, -0.05) is 67.6 Å². The number of nitrogens with one attached hydrogen (secondary N) is 1. The summed E-state index contributed by atoms with van der Waals surface area (Å²) in [5, 5.41) is 12.8. The second kappa shape index (κ2) is 8.35. The Balaban J connectivity index is 1.74. The van der Waals surface area contributed by atoms with Gasteiger partial charge in [-0.25, -0.2) is 0 Å². The Labute approximate surface area is 132 Å². The van der Waals surface area contributed by atoms with Crippen LogP contribution in [0.5, 0.6) is 0 Å². The number of aliphatic hydroxyl groups is 1. The average molecular weight is 297 g/mol. The van der Waals surface area contributed by atoms with Gasteiger partial charge in [0.05, 0.1) is 6.10 Å². The van der Waals surface area contributed by atoms with Crippen molar-refractivity contribution in [3.63, 3.8) is 0 Å². The number of rotatable bonds is 7. The fourth-order valence-electron chi connectivity index (χ4n) is 2.41. The molecule has 0 aliphatic carbocycles. The molecule has 22 heavy (non-hydrogen) atoms. The number of aliphatic hydroxyl groups excluding tert-OH is 1. The third kappa shape index (κ3) is 5.34. The largest absolute Gasteiger partial charge is 0.391 e. The normalized spacial score (nSPS) is 13.4. The lowest BCUT2D eigenvalue weighted by Gasteiger charge is -2.15. The third-order valence-corrected chi connectivity index (χ3v) is 3.66. The predicted molar refractivity (Wildman–Crippen MR) is 88.5 cm³/mol. The smallest absolute Gasteiger partial charge is 0.223 e. The molecule has 0 bridgehead atoms. The third-order valence-electron chi connectivity index (χ3n) is 3.66. The maximum absolute atomic E-state index is 12.1. The van der Waals surface area contributed by atoms with Crippen molar-refractivity contribution >= 4 is 5.91 Å². The van der Waals surface area contributed by atoms with Gasteiger partial charge in [0.25, 0.3) is 0 Å². The molecule has 0 heterocycles. The zero-order valence-corrected chi connectivity index (χ0v) is 12.9. The molecule has 2 N–H and O–H groups in total. The van der Waals surface area contributed by atoms with Gasteiger partial charge >= 0.3 is 0 Å². The summed E-state index contributed by atoms with van der Waals surface area (Å²) in [5.74, 6) is -0.123. The van der Waals surface area contributed by atoms with Crippen LogP contribution >= 0.6 is 0 Å². The first-order valence-corrected chi connectivity index (χ1v) is 7.69. The van der Waals surface area contributed by atoms with Crippen molar-refractivity contribution in [2.24, 2.45) is 5.92 Å². The van der Waals surface area contributed by atoms with Crippen molar-refractivity contribution in [2.45, 2.75) is 25.9 Å². The minimum absolute atomic E-state index is 0.0176. The van der Waals surface area contributed by atoms with Gasteiger partial charge in [0.1, 0.15) is 0 Å². The van der Waals surface area contributed by atoms with Crippen LogP contribution < -0.4 is 5.32 Å². The van der Waals surface area contributed by atoms with Gasteiger partial charge in [0.15, 0.2) is 0 Å². The SMILES string of the molecule is CC(Cc1ccccc1)C(=O)NCC(O)Cc1ccccc1. The molecule has 2 rings (SSSR count). The van der Waals surface area contributed by atoms with E-state index < -0.39 is 6.10 Å². The molecule has 0 aliphatic heterocycles. The van der Waals surface area contributed by atoms with Crippen LogP contribution in [0.2, 0.25) is 0 Å². The summed E-state index contributed by atoms with van der Waals surface area (Å²) >= 11 is 0. The Hall–Kier alpha value is -2.13. The molecule has 0 aromatic heterocycles. The highest BCUT2D eigenvalue weighted by atomic mass is 16.3. The molecule has 3 heteroatoms. The molecular formula is C19H23NO2.